The van der Waals surface area contributed by atoms with Gasteiger partial charge in [-0.25, -0.2) is 4.79 Å². The van der Waals surface area contributed by atoms with Crippen LogP contribution in [-0.2, 0) is 13.0 Å². The highest BCUT2D eigenvalue weighted by molar-refractivity contribution is 5.99. The third-order valence-corrected chi connectivity index (χ3v) is 5.84. The zero-order chi connectivity index (χ0) is 20.8. The molecule has 0 bridgehead atoms. The number of rotatable bonds is 4. The fraction of sp³-hybridized carbons (Fsp3) is 0.250. The molecule has 4 heterocycles. The normalized spacial score (nSPS) is 15.1. The van der Waals surface area contributed by atoms with E-state index in [9.17, 15) is 4.79 Å². The lowest BCUT2D eigenvalue weighted by Crippen LogP contribution is -2.28. The van der Waals surface area contributed by atoms with Gasteiger partial charge in [0.25, 0.3) is 0 Å². The number of benzene rings is 1. The van der Waals surface area contributed by atoms with Crippen molar-refractivity contribution in [3.05, 3.63) is 60.6 Å². The van der Waals surface area contributed by atoms with Crippen LogP contribution in [0.4, 0.5) is 4.79 Å². The zero-order valence-corrected chi connectivity index (χ0v) is 16.9. The molecule has 7 heteroatoms. The van der Waals surface area contributed by atoms with Crippen LogP contribution in [0.15, 0.2) is 54.9 Å². The van der Waals surface area contributed by atoms with E-state index in [1.54, 1.807) is 12.4 Å². The third kappa shape index (κ3) is 3.32. The Morgan fingerprint density at radius 2 is 2.03 bits per heavy atom. The van der Waals surface area contributed by atoms with Gasteiger partial charge in [0.2, 0.25) is 0 Å². The monoisotopic (exact) mass is 411 g/mol. The average molecular weight is 411 g/mol. The molecule has 1 N–H and O–H groups in total. The molecule has 3 aromatic heterocycles. The first-order chi connectivity index (χ1) is 15.3. The van der Waals surface area contributed by atoms with Gasteiger partial charge in [0.05, 0.1) is 11.2 Å². The van der Waals surface area contributed by atoms with Crippen LogP contribution in [0, 0.1) is 0 Å². The van der Waals surface area contributed by atoms with Crippen molar-refractivity contribution in [3.63, 3.8) is 0 Å². The summed E-state index contributed by atoms with van der Waals surface area (Å²) in [7, 11) is 0. The van der Waals surface area contributed by atoms with E-state index in [1.807, 2.05) is 42.5 Å². The van der Waals surface area contributed by atoms with Crippen LogP contribution in [0.5, 0.6) is 5.75 Å². The van der Waals surface area contributed by atoms with Crippen LogP contribution in [0.3, 0.4) is 0 Å². The first-order valence-electron chi connectivity index (χ1n) is 10.6. The van der Waals surface area contributed by atoms with Crippen molar-refractivity contribution in [3.8, 4) is 28.3 Å². The Balaban J connectivity index is 1.44. The Labute approximate surface area is 179 Å². The predicted octanol–water partition coefficient (Wildman–Crippen LogP) is 4.36. The summed E-state index contributed by atoms with van der Waals surface area (Å²) < 4.78 is 7.56. The second kappa shape index (κ2) is 7.19. The number of carbonyl (C=O) groups excluding carboxylic acids is 1. The second-order valence-electron chi connectivity index (χ2n) is 8.06. The highest BCUT2D eigenvalue weighted by atomic mass is 16.6. The van der Waals surface area contributed by atoms with Crippen LogP contribution in [0.1, 0.15) is 25.0 Å². The molecule has 0 spiro atoms. The van der Waals surface area contributed by atoms with Crippen LogP contribution >= 0.6 is 0 Å². The topological polar surface area (TPSA) is 81.9 Å². The van der Waals surface area contributed by atoms with E-state index in [1.165, 1.54) is 5.69 Å². The summed E-state index contributed by atoms with van der Waals surface area (Å²) in [5.41, 5.74) is 5.95. The van der Waals surface area contributed by atoms with E-state index in [-0.39, 0.29) is 6.04 Å². The lowest BCUT2D eigenvalue weighted by molar-refractivity contribution is 0.200. The molecule has 1 saturated carbocycles. The molecule has 1 amide bonds. The maximum Gasteiger partial charge on any atom is 0.412 e. The summed E-state index contributed by atoms with van der Waals surface area (Å²) in [6.07, 6.45) is 7.30. The fourth-order valence-corrected chi connectivity index (χ4v) is 4.24. The maximum absolute atomic E-state index is 12.0. The summed E-state index contributed by atoms with van der Waals surface area (Å²) in [5, 5.41) is 8.73. The molecule has 7 nitrogen and oxygen atoms in total. The van der Waals surface area contributed by atoms with Crippen molar-refractivity contribution in [2.45, 2.75) is 38.3 Å². The summed E-state index contributed by atoms with van der Waals surface area (Å²) in [6, 6.07) is 13.8. The van der Waals surface area contributed by atoms with Gasteiger partial charge >= 0.3 is 6.09 Å². The van der Waals surface area contributed by atoms with Gasteiger partial charge in [-0.3, -0.25) is 14.6 Å². The number of fused-ring (bicyclic) bond motifs is 2. The molecular formula is C24H21N5O2. The Hall–Kier alpha value is -3.74. The molecule has 154 valence electrons. The molecule has 0 saturated heterocycles. The highest BCUT2D eigenvalue weighted by Crippen LogP contribution is 2.40. The van der Waals surface area contributed by atoms with Gasteiger partial charge in [0.15, 0.2) is 0 Å². The van der Waals surface area contributed by atoms with E-state index in [4.69, 9.17) is 9.84 Å². The van der Waals surface area contributed by atoms with E-state index >= 15 is 0 Å². The SMILES string of the molecule is O=C(NC1CC1)Oc1ccc2c(-c3c(-c4ccccn4)nn4c3CCC4)ccnc2c1. The van der Waals surface area contributed by atoms with E-state index in [2.05, 4.69) is 20.0 Å². The number of amides is 1. The van der Waals surface area contributed by atoms with Crippen molar-refractivity contribution in [2.75, 3.05) is 0 Å². The van der Waals surface area contributed by atoms with Gasteiger partial charge in [0, 0.05) is 47.7 Å². The molecule has 6 rings (SSSR count). The predicted molar refractivity (Wildman–Crippen MR) is 117 cm³/mol. The molecule has 4 aromatic rings. The van der Waals surface area contributed by atoms with Gasteiger partial charge in [-0.05, 0) is 61.6 Å². The molecule has 0 unspecified atom stereocenters. The van der Waals surface area contributed by atoms with Crippen LogP contribution < -0.4 is 10.1 Å². The minimum absolute atomic E-state index is 0.257. The van der Waals surface area contributed by atoms with Crippen molar-refractivity contribution < 1.29 is 9.53 Å². The van der Waals surface area contributed by atoms with Gasteiger partial charge in [-0.1, -0.05) is 6.07 Å². The summed E-state index contributed by atoms with van der Waals surface area (Å²) in [5.74, 6) is 0.487. The summed E-state index contributed by atoms with van der Waals surface area (Å²) in [4.78, 5) is 21.1. The molecule has 0 atom stereocenters. The van der Waals surface area contributed by atoms with Crippen molar-refractivity contribution in [2.24, 2.45) is 0 Å². The molecule has 2 aliphatic rings. The van der Waals surface area contributed by atoms with Crippen molar-refractivity contribution >= 4 is 17.0 Å². The summed E-state index contributed by atoms with van der Waals surface area (Å²) in [6.45, 7) is 0.923. The van der Waals surface area contributed by atoms with Crippen molar-refractivity contribution in [1.82, 2.24) is 25.1 Å². The average Bonchev–Trinajstić information content (AvgIpc) is 3.35. The lowest BCUT2D eigenvalue weighted by Gasteiger charge is -2.10. The molecule has 1 fully saturated rings. The minimum atomic E-state index is -0.412. The number of hydrogen-bond donors (Lipinski definition) is 1. The quantitative estimate of drug-likeness (QED) is 0.540. The number of aromatic nitrogens is 4. The van der Waals surface area contributed by atoms with E-state index < -0.39 is 6.09 Å². The van der Waals surface area contributed by atoms with Gasteiger partial charge < -0.3 is 10.1 Å². The number of pyridine rings is 2. The number of carbonyl (C=O) groups is 1. The van der Waals surface area contributed by atoms with Crippen LogP contribution in [0.2, 0.25) is 0 Å². The number of ether oxygens (including phenoxy) is 1. The smallest absolute Gasteiger partial charge is 0.410 e. The van der Waals surface area contributed by atoms with Crippen LogP contribution in [0.25, 0.3) is 33.4 Å². The Kier molecular flexibility index (Phi) is 4.19. The van der Waals surface area contributed by atoms with E-state index in [0.29, 0.717) is 5.75 Å². The number of hydrogen-bond acceptors (Lipinski definition) is 5. The number of aryl methyl sites for hydroxylation is 1. The maximum atomic E-state index is 12.0. The molecule has 1 aliphatic heterocycles. The molecule has 1 aliphatic carbocycles. The Morgan fingerprint density at radius 1 is 1.10 bits per heavy atom. The minimum Gasteiger partial charge on any atom is -0.410 e. The first-order valence-corrected chi connectivity index (χ1v) is 10.6. The van der Waals surface area contributed by atoms with Gasteiger partial charge in [0.1, 0.15) is 11.4 Å². The lowest BCUT2D eigenvalue weighted by atomic mass is 9.96. The summed E-state index contributed by atoms with van der Waals surface area (Å²) >= 11 is 0. The molecule has 0 radical (unpaired) electrons. The largest absolute Gasteiger partial charge is 0.412 e. The molecular weight excluding hydrogens is 390 g/mol. The highest BCUT2D eigenvalue weighted by Gasteiger charge is 2.26. The van der Waals surface area contributed by atoms with E-state index in [0.717, 1.165) is 65.6 Å². The molecule has 31 heavy (non-hydrogen) atoms. The molecule has 1 aromatic carbocycles. The van der Waals surface area contributed by atoms with Crippen molar-refractivity contribution in [1.29, 1.82) is 0 Å². The number of nitrogens with zero attached hydrogens (tertiary/aromatic N) is 4. The third-order valence-electron chi connectivity index (χ3n) is 5.84. The number of nitrogens with one attached hydrogen (secondary N) is 1. The standard InChI is InChI=1S/C24H21N5O2/c30-24(27-15-6-7-15)31-16-8-9-17-18(10-12-26-20(17)14-16)22-21-5-3-13-29(21)28-23(22)19-4-1-2-11-25-19/h1-2,4,8-12,14-15H,3,5-7,13H2,(H,27,30). The first kappa shape index (κ1) is 18.1. The zero-order valence-electron chi connectivity index (χ0n) is 16.9. The second-order valence-corrected chi connectivity index (χ2v) is 8.06. The van der Waals surface area contributed by atoms with Gasteiger partial charge in [-0.2, -0.15) is 5.10 Å². The Morgan fingerprint density at radius 3 is 2.87 bits per heavy atom. The Bertz CT molecular complexity index is 1290. The fourth-order valence-electron chi connectivity index (χ4n) is 4.24. The van der Waals surface area contributed by atoms with Gasteiger partial charge in [-0.15, -0.1) is 0 Å². The van der Waals surface area contributed by atoms with Crippen LogP contribution in [-0.4, -0.2) is 31.9 Å².